The fourth-order valence-corrected chi connectivity index (χ4v) is 3.03. The third kappa shape index (κ3) is 4.17. The van der Waals surface area contributed by atoms with E-state index >= 15 is 0 Å². The summed E-state index contributed by atoms with van der Waals surface area (Å²) in [5.41, 5.74) is 3.80. The average Bonchev–Trinajstić information content (AvgIpc) is 2.89. The van der Waals surface area contributed by atoms with Crippen LogP contribution in [-0.4, -0.2) is 16.3 Å². The second-order valence-electron chi connectivity index (χ2n) is 5.17. The lowest BCUT2D eigenvalue weighted by molar-refractivity contribution is 0.515. The van der Waals surface area contributed by atoms with Crippen molar-refractivity contribution in [1.29, 1.82) is 0 Å². The van der Waals surface area contributed by atoms with E-state index in [1.54, 1.807) is 0 Å². The minimum Gasteiger partial charge on any atom is -0.310 e. The van der Waals surface area contributed by atoms with Gasteiger partial charge in [-0.2, -0.15) is 5.10 Å². The zero-order valence-electron chi connectivity index (χ0n) is 13.1. The van der Waals surface area contributed by atoms with E-state index in [4.69, 9.17) is 0 Å². The van der Waals surface area contributed by atoms with E-state index in [0.29, 0.717) is 6.04 Å². The van der Waals surface area contributed by atoms with Crippen LogP contribution in [0.15, 0.2) is 34.8 Å². The molecule has 3 nitrogen and oxygen atoms in total. The number of hydrogen-bond acceptors (Lipinski definition) is 2. The maximum Gasteiger partial charge on any atom is 0.0624 e. The Morgan fingerprint density at radius 3 is 2.67 bits per heavy atom. The van der Waals surface area contributed by atoms with E-state index in [0.717, 1.165) is 30.4 Å². The van der Waals surface area contributed by atoms with Gasteiger partial charge in [-0.05, 0) is 43.7 Å². The van der Waals surface area contributed by atoms with E-state index in [2.05, 4.69) is 82.1 Å². The molecule has 0 saturated carbocycles. The smallest absolute Gasteiger partial charge is 0.0624 e. The molecule has 0 fully saturated rings. The summed E-state index contributed by atoms with van der Waals surface area (Å²) in [6, 6.07) is 11.1. The third-order valence-corrected chi connectivity index (χ3v) is 4.18. The van der Waals surface area contributed by atoms with Crippen LogP contribution in [0.3, 0.4) is 0 Å². The lowest BCUT2D eigenvalue weighted by atomic mass is 10.0. The Labute approximate surface area is 135 Å². The van der Waals surface area contributed by atoms with Crippen LogP contribution in [0.25, 0.3) is 0 Å². The summed E-state index contributed by atoms with van der Waals surface area (Å²) in [7, 11) is 0. The molecular weight excluding hydrogens is 326 g/mol. The van der Waals surface area contributed by atoms with Gasteiger partial charge < -0.3 is 5.32 Å². The van der Waals surface area contributed by atoms with E-state index in [1.165, 1.54) is 17.0 Å². The number of nitrogens with zero attached hydrogens (tertiary/aromatic N) is 2. The summed E-state index contributed by atoms with van der Waals surface area (Å²) in [6.45, 7) is 8.34. The number of aromatic nitrogens is 2. The molecule has 114 valence electrons. The molecule has 0 aliphatic rings. The van der Waals surface area contributed by atoms with Crippen molar-refractivity contribution in [2.75, 3.05) is 6.54 Å². The highest BCUT2D eigenvalue weighted by atomic mass is 79.9. The highest BCUT2D eigenvalue weighted by Crippen LogP contribution is 2.22. The Bertz CT molecular complexity index is 577. The molecule has 1 N–H and O–H groups in total. The molecule has 0 amide bonds. The predicted molar refractivity (Wildman–Crippen MR) is 91.5 cm³/mol. The number of likely N-dealkylation sites (N-methyl/N-ethyl adjacent to an activating group) is 1. The topological polar surface area (TPSA) is 29.9 Å². The standard InChI is InChI=1S/C17H24BrN3/c1-4-15-11-16(21(6-3)20-15)12-17(19-5-2)13-8-7-9-14(18)10-13/h7-11,17,19H,4-6,12H2,1-3H3. The zero-order valence-corrected chi connectivity index (χ0v) is 14.7. The van der Waals surface area contributed by atoms with Gasteiger partial charge in [0.05, 0.1) is 5.69 Å². The monoisotopic (exact) mass is 349 g/mol. The Balaban J connectivity index is 2.25. The molecule has 21 heavy (non-hydrogen) atoms. The molecule has 2 rings (SSSR count). The van der Waals surface area contributed by atoms with Crippen LogP contribution in [0, 0.1) is 0 Å². The van der Waals surface area contributed by atoms with Gasteiger partial charge in [0.25, 0.3) is 0 Å². The van der Waals surface area contributed by atoms with Crippen molar-refractivity contribution in [1.82, 2.24) is 15.1 Å². The zero-order chi connectivity index (χ0) is 15.2. The second-order valence-corrected chi connectivity index (χ2v) is 6.08. The van der Waals surface area contributed by atoms with Gasteiger partial charge in [-0.25, -0.2) is 0 Å². The maximum absolute atomic E-state index is 4.65. The summed E-state index contributed by atoms with van der Waals surface area (Å²) in [5.74, 6) is 0. The summed E-state index contributed by atoms with van der Waals surface area (Å²) >= 11 is 3.57. The van der Waals surface area contributed by atoms with Crippen LogP contribution in [0.2, 0.25) is 0 Å². The number of rotatable bonds is 7. The van der Waals surface area contributed by atoms with Gasteiger partial charge in [0.15, 0.2) is 0 Å². The van der Waals surface area contributed by atoms with Crippen LogP contribution >= 0.6 is 15.9 Å². The minimum atomic E-state index is 0.319. The molecular formula is C17H24BrN3. The summed E-state index contributed by atoms with van der Waals surface area (Å²) in [6.07, 6.45) is 1.95. The Morgan fingerprint density at radius 1 is 1.24 bits per heavy atom. The van der Waals surface area contributed by atoms with Crippen molar-refractivity contribution in [3.8, 4) is 0 Å². The third-order valence-electron chi connectivity index (χ3n) is 3.69. The Kier molecular flexibility index (Phi) is 6.00. The maximum atomic E-state index is 4.65. The van der Waals surface area contributed by atoms with Crippen LogP contribution in [0.5, 0.6) is 0 Å². The van der Waals surface area contributed by atoms with Gasteiger partial charge in [-0.3, -0.25) is 4.68 Å². The lowest BCUT2D eigenvalue weighted by Gasteiger charge is -2.19. The van der Waals surface area contributed by atoms with Crippen molar-refractivity contribution in [2.24, 2.45) is 0 Å². The molecule has 1 heterocycles. The first-order valence-corrected chi connectivity index (χ1v) is 8.51. The fourth-order valence-electron chi connectivity index (χ4n) is 2.61. The molecule has 0 bridgehead atoms. The largest absolute Gasteiger partial charge is 0.310 e. The van der Waals surface area contributed by atoms with Crippen LogP contribution in [0.1, 0.15) is 43.8 Å². The van der Waals surface area contributed by atoms with Gasteiger partial charge in [0, 0.05) is 29.2 Å². The summed E-state index contributed by atoms with van der Waals surface area (Å²) in [5, 5.41) is 8.24. The molecule has 4 heteroatoms. The Morgan fingerprint density at radius 2 is 2.05 bits per heavy atom. The SMILES string of the molecule is CCNC(Cc1cc(CC)nn1CC)c1cccc(Br)c1. The van der Waals surface area contributed by atoms with Gasteiger partial charge in [-0.15, -0.1) is 0 Å². The number of hydrogen-bond donors (Lipinski definition) is 1. The quantitative estimate of drug-likeness (QED) is 0.814. The second kappa shape index (κ2) is 7.76. The molecule has 0 spiro atoms. The van der Waals surface area contributed by atoms with E-state index in [9.17, 15) is 0 Å². The fraction of sp³-hybridized carbons (Fsp3) is 0.471. The van der Waals surface area contributed by atoms with E-state index in [1.807, 2.05) is 0 Å². The Hall–Kier alpha value is -1.13. The average molecular weight is 350 g/mol. The molecule has 0 aliphatic heterocycles. The summed E-state index contributed by atoms with van der Waals surface area (Å²) < 4.78 is 3.25. The molecule has 1 aromatic carbocycles. The van der Waals surface area contributed by atoms with Crippen molar-refractivity contribution < 1.29 is 0 Å². The highest BCUT2D eigenvalue weighted by Gasteiger charge is 2.15. The number of aryl methyl sites for hydroxylation is 2. The molecule has 0 saturated heterocycles. The number of halogens is 1. The predicted octanol–water partition coefficient (Wildman–Crippen LogP) is 4.12. The van der Waals surface area contributed by atoms with Gasteiger partial charge >= 0.3 is 0 Å². The van der Waals surface area contributed by atoms with Crippen molar-refractivity contribution in [3.05, 3.63) is 51.8 Å². The molecule has 1 atom stereocenters. The number of nitrogens with one attached hydrogen (secondary N) is 1. The van der Waals surface area contributed by atoms with Crippen LogP contribution < -0.4 is 5.32 Å². The summed E-state index contributed by atoms with van der Waals surface area (Å²) in [4.78, 5) is 0. The van der Waals surface area contributed by atoms with Gasteiger partial charge in [0.2, 0.25) is 0 Å². The molecule has 1 aromatic heterocycles. The van der Waals surface area contributed by atoms with Crippen LogP contribution in [-0.2, 0) is 19.4 Å². The van der Waals surface area contributed by atoms with Gasteiger partial charge in [-0.1, -0.05) is 41.9 Å². The van der Waals surface area contributed by atoms with Crippen LogP contribution in [0.4, 0.5) is 0 Å². The van der Waals surface area contributed by atoms with Crippen molar-refractivity contribution in [3.63, 3.8) is 0 Å². The lowest BCUT2D eigenvalue weighted by Crippen LogP contribution is -2.24. The molecule has 0 radical (unpaired) electrons. The van der Waals surface area contributed by atoms with Crippen molar-refractivity contribution >= 4 is 15.9 Å². The van der Waals surface area contributed by atoms with E-state index < -0.39 is 0 Å². The molecule has 2 aromatic rings. The molecule has 1 unspecified atom stereocenters. The highest BCUT2D eigenvalue weighted by molar-refractivity contribution is 9.10. The minimum absolute atomic E-state index is 0.319. The first-order chi connectivity index (χ1) is 10.2. The normalized spacial score (nSPS) is 12.6. The van der Waals surface area contributed by atoms with Gasteiger partial charge in [0.1, 0.15) is 0 Å². The molecule has 0 aliphatic carbocycles. The number of benzene rings is 1. The van der Waals surface area contributed by atoms with Crippen molar-refractivity contribution in [2.45, 2.75) is 46.2 Å². The van der Waals surface area contributed by atoms with E-state index in [-0.39, 0.29) is 0 Å². The first-order valence-electron chi connectivity index (χ1n) is 7.72. The first kappa shape index (κ1) is 16.2.